The van der Waals surface area contributed by atoms with Gasteiger partial charge < -0.3 is 10.6 Å². The number of aryl methyl sites for hydroxylation is 1. The molecule has 1 unspecified atom stereocenters. The zero-order chi connectivity index (χ0) is 21.8. The van der Waals surface area contributed by atoms with E-state index in [0.29, 0.717) is 32.4 Å². The fourth-order valence-corrected chi connectivity index (χ4v) is 4.53. The second-order valence-electron chi connectivity index (χ2n) is 8.58. The number of nitrogens with two attached hydrogens (primary N) is 1. The molecule has 1 heterocycles. The first-order valence-electron chi connectivity index (χ1n) is 10.7. The zero-order valence-electron chi connectivity index (χ0n) is 17.9. The number of nitrogens with zero attached hydrogens (tertiary/aromatic N) is 1. The fourth-order valence-electron chi connectivity index (χ4n) is 4.53. The van der Waals surface area contributed by atoms with Crippen molar-refractivity contribution < 1.29 is 9.59 Å². The fraction of sp³-hybridized carbons (Fsp3) is 0.259. The molecule has 0 aromatic heterocycles. The third kappa shape index (κ3) is 4.53. The van der Waals surface area contributed by atoms with Gasteiger partial charge in [-0.3, -0.25) is 9.59 Å². The van der Waals surface area contributed by atoms with Gasteiger partial charge in [-0.05, 0) is 42.0 Å². The van der Waals surface area contributed by atoms with Gasteiger partial charge in [-0.15, -0.1) is 0 Å². The Hall–Kier alpha value is -3.40. The van der Waals surface area contributed by atoms with Crippen LogP contribution in [0.4, 0.5) is 0 Å². The van der Waals surface area contributed by atoms with Gasteiger partial charge in [0.2, 0.25) is 11.8 Å². The topological polar surface area (TPSA) is 63.4 Å². The van der Waals surface area contributed by atoms with E-state index in [2.05, 4.69) is 37.3 Å². The van der Waals surface area contributed by atoms with Crippen LogP contribution in [-0.4, -0.2) is 29.8 Å². The predicted octanol–water partition coefficient (Wildman–Crippen LogP) is 4.15. The number of primary amides is 1. The Labute approximate surface area is 183 Å². The number of carbonyl (C=O) groups is 2. The molecule has 4 nitrogen and oxygen atoms in total. The highest BCUT2D eigenvalue weighted by Gasteiger charge is 2.45. The third-order valence-corrected chi connectivity index (χ3v) is 6.30. The van der Waals surface area contributed by atoms with Gasteiger partial charge in [0.05, 0.1) is 11.8 Å². The molecule has 31 heavy (non-hydrogen) atoms. The highest BCUT2D eigenvalue weighted by atomic mass is 16.2. The smallest absolute Gasteiger partial charge is 0.227 e. The maximum absolute atomic E-state index is 12.9. The number of likely N-dealkylation sites (tertiary alicyclic amines) is 1. The van der Waals surface area contributed by atoms with Gasteiger partial charge in [0.1, 0.15) is 0 Å². The van der Waals surface area contributed by atoms with Crippen LogP contribution in [0.5, 0.6) is 0 Å². The van der Waals surface area contributed by atoms with E-state index >= 15 is 0 Å². The molecule has 3 aromatic rings. The summed E-state index contributed by atoms with van der Waals surface area (Å²) in [6.45, 7) is 3.00. The molecule has 0 aliphatic carbocycles. The Morgan fingerprint density at radius 3 is 2.45 bits per heavy atom. The van der Waals surface area contributed by atoms with E-state index in [-0.39, 0.29) is 11.8 Å². The van der Waals surface area contributed by atoms with Crippen LogP contribution in [0.25, 0.3) is 11.1 Å². The molecule has 3 aromatic carbocycles. The first-order valence-corrected chi connectivity index (χ1v) is 10.7. The van der Waals surface area contributed by atoms with Gasteiger partial charge >= 0.3 is 0 Å². The van der Waals surface area contributed by atoms with Crippen molar-refractivity contribution in [2.45, 2.75) is 26.2 Å². The molecule has 4 rings (SSSR count). The lowest BCUT2D eigenvalue weighted by Crippen LogP contribution is -2.42. The molecule has 0 radical (unpaired) electrons. The Morgan fingerprint density at radius 1 is 0.968 bits per heavy atom. The van der Waals surface area contributed by atoms with Crippen molar-refractivity contribution in [2.24, 2.45) is 11.1 Å². The van der Waals surface area contributed by atoms with Crippen LogP contribution in [0.1, 0.15) is 23.1 Å². The quantitative estimate of drug-likeness (QED) is 0.661. The van der Waals surface area contributed by atoms with E-state index in [1.54, 1.807) is 4.90 Å². The summed E-state index contributed by atoms with van der Waals surface area (Å²) in [5.74, 6) is -0.289. The van der Waals surface area contributed by atoms with E-state index < -0.39 is 5.41 Å². The number of amides is 2. The maximum Gasteiger partial charge on any atom is 0.227 e. The summed E-state index contributed by atoms with van der Waals surface area (Å²) in [5.41, 5.74) is 10.7. The Bertz CT molecular complexity index is 1090. The van der Waals surface area contributed by atoms with Crippen molar-refractivity contribution in [3.8, 4) is 11.1 Å². The third-order valence-electron chi connectivity index (χ3n) is 6.30. The van der Waals surface area contributed by atoms with Gasteiger partial charge in [0.25, 0.3) is 0 Å². The first-order chi connectivity index (χ1) is 15.0. The average molecular weight is 413 g/mol. The summed E-state index contributed by atoms with van der Waals surface area (Å²) >= 11 is 0. The minimum atomic E-state index is -0.744. The predicted molar refractivity (Wildman–Crippen MR) is 123 cm³/mol. The van der Waals surface area contributed by atoms with Gasteiger partial charge in [-0.25, -0.2) is 0 Å². The number of carbonyl (C=O) groups excluding carboxylic acids is 2. The van der Waals surface area contributed by atoms with Gasteiger partial charge in [-0.1, -0.05) is 84.4 Å². The summed E-state index contributed by atoms with van der Waals surface area (Å²) < 4.78 is 0. The van der Waals surface area contributed by atoms with Gasteiger partial charge in [-0.2, -0.15) is 0 Å². The van der Waals surface area contributed by atoms with E-state index in [1.165, 1.54) is 5.56 Å². The number of benzene rings is 3. The normalized spacial score (nSPS) is 18.2. The van der Waals surface area contributed by atoms with Crippen LogP contribution in [0.2, 0.25) is 0 Å². The lowest BCUT2D eigenvalue weighted by atomic mass is 9.78. The minimum absolute atomic E-state index is 0.0429. The molecule has 1 aliphatic rings. The number of hydrogen-bond donors (Lipinski definition) is 1. The van der Waals surface area contributed by atoms with E-state index in [4.69, 9.17) is 5.73 Å². The molecule has 1 saturated heterocycles. The second kappa shape index (κ2) is 8.76. The Balaban J connectivity index is 1.57. The van der Waals surface area contributed by atoms with Crippen molar-refractivity contribution in [3.63, 3.8) is 0 Å². The molecule has 0 bridgehead atoms. The molecule has 2 N–H and O–H groups in total. The summed E-state index contributed by atoms with van der Waals surface area (Å²) in [5, 5.41) is 0. The van der Waals surface area contributed by atoms with Crippen molar-refractivity contribution in [3.05, 3.63) is 95.6 Å². The highest BCUT2D eigenvalue weighted by molar-refractivity contribution is 5.85. The average Bonchev–Trinajstić information content (AvgIpc) is 3.21. The SMILES string of the molecule is Cc1cccc(-c2ccccc2CC2(C(N)=O)CCN(C(=O)Cc3ccccc3)C2)c1. The lowest BCUT2D eigenvalue weighted by molar-refractivity contribution is -0.131. The molecule has 1 fully saturated rings. The molecule has 158 valence electrons. The molecule has 0 saturated carbocycles. The van der Waals surface area contributed by atoms with Crippen LogP contribution >= 0.6 is 0 Å². The molecular weight excluding hydrogens is 384 g/mol. The lowest BCUT2D eigenvalue weighted by Gasteiger charge is -2.27. The summed E-state index contributed by atoms with van der Waals surface area (Å²) in [6.07, 6.45) is 1.46. The van der Waals surface area contributed by atoms with E-state index in [0.717, 1.165) is 22.3 Å². The second-order valence-corrected chi connectivity index (χ2v) is 8.58. The van der Waals surface area contributed by atoms with E-state index in [1.807, 2.05) is 48.5 Å². The van der Waals surface area contributed by atoms with Crippen molar-refractivity contribution >= 4 is 11.8 Å². The summed E-state index contributed by atoms with van der Waals surface area (Å²) in [7, 11) is 0. The summed E-state index contributed by atoms with van der Waals surface area (Å²) in [6, 6.07) is 26.2. The first kappa shape index (κ1) is 20.9. The summed E-state index contributed by atoms with van der Waals surface area (Å²) in [4.78, 5) is 27.3. The minimum Gasteiger partial charge on any atom is -0.369 e. The van der Waals surface area contributed by atoms with Crippen LogP contribution < -0.4 is 5.73 Å². The van der Waals surface area contributed by atoms with Crippen LogP contribution in [0, 0.1) is 12.3 Å². The Morgan fingerprint density at radius 2 is 1.71 bits per heavy atom. The molecule has 4 heteroatoms. The Kier molecular flexibility index (Phi) is 5.90. The van der Waals surface area contributed by atoms with Crippen LogP contribution in [-0.2, 0) is 22.4 Å². The highest BCUT2D eigenvalue weighted by Crippen LogP contribution is 2.37. The van der Waals surface area contributed by atoms with Crippen molar-refractivity contribution in [1.29, 1.82) is 0 Å². The van der Waals surface area contributed by atoms with Gasteiger partial charge in [0.15, 0.2) is 0 Å². The number of hydrogen-bond acceptors (Lipinski definition) is 2. The standard InChI is InChI=1S/C27H28N2O2/c1-20-8-7-12-22(16-20)24-13-6-5-11-23(24)18-27(26(28)31)14-15-29(19-27)25(30)17-21-9-3-2-4-10-21/h2-13,16H,14-15,17-19H2,1H3,(H2,28,31). The largest absolute Gasteiger partial charge is 0.369 e. The molecular formula is C27H28N2O2. The van der Waals surface area contributed by atoms with Crippen LogP contribution in [0.3, 0.4) is 0 Å². The molecule has 2 amide bonds. The van der Waals surface area contributed by atoms with Crippen molar-refractivity contribution in [2.75, 3.05) is 13.1 Å². The number of rotatable bonds is 6. The maximum atomic E-state index is 12.9. The van der Waals surface area contributed by atoms with Crippen LogP contribution in [0.15, 0.2) is 78.9 Å². The van der Waals surface area contributed by atoms with E-state index in [9.17, 15) is 9.59 Å². The molecule has 0 spiro atoms. The van der Waals surface area contributed by atoms with Gasteiger partial charge in [0, 0.05) is 13.1 Å². The zero-order valence-corrected chi connectivity index (χ0v) is 17.9. The van der Waals surface area contributed by atoms with Crippen molar-refractivity contribution in [1.82, 2.24) is 4.90 Å². The molecule has 1 atom stereocenters. The monoisotopic (exact) mass is 412 g/mol. The molecule has 1 aliphatic heterocycles.